The summed E-state index contributed by atoms with van der Waals surface area (Å²) in [6.07, 6.45) is -0.517. The van der Waals surface area contributed by atoms with E-state index in [2.05, 4.69) is 10.6 Å². The molecule has 1 aromatic rings. The molecule has 1 aliphatic rings. The minimum Gasteiger partial charge on any atom is -0.493 e. The number of hydrogen-bond donors (Lipinski definition) is 2. The van der Waals surface area contributed by atoms with Crippen LogP contribution in [0.2, 0.25) is 0 Å². The van der Waals surface area contributed by atoms with Gasteiger partial charge in [0.25, 0.3) is 0 Å². The summed E-state index contributed by atoms with van der Waals surface area (Å²) >= 11 is 0. The fourth-order valence-electron chi connectivity index (χ4n) is 2.25. The standard InChI is InChI=1S/C16H24N2O4/c1-16(2,3)22-15(19)18-12-6-10(11-8-17-9-11)7-13(20-4)14(12)21-5/h6-7,11,17H,8-9H2,1-5H3,(H,18,19). The van der Waals surface area contributed by atoms with Gasteiger partial charge in [0.2, 0.25) is 0 Å². The zero-order valence-electron chi connectivity index (χ0n) is 13.8. The molecule has 0 bridgehead atoms. The molecule has 1 saturated heterocycles. The van der Waals surface area contributed by atoms with Crippen molar-refractivity contribution in [2.24, 2.45) is 0 Å². The monoisotopic (exact) mass is 308 g/mol. The van der Waals surface area contributed by atoms with Gasteiger partial charge < -0.3 is 19.5 Å². The van der Waals surface area contributed by atoms with Gasteiger partial charge in [-0.05, 0) is 38.5 Å². The molecule has 6 heteroatoms. The van der Waals surface area contributed by atoms with Gasteiger partial charge in [0.1, 0.15) is 5.60 Å². The van der Waals surface area contributed by atoms with Gasteiger partial charge in [-0.25, -0.2) is 4.79 Å². The molecule has 1 aromatic carbocycles. The van der Waals surface area contributed by atoms with Crippen LogP contribution in [0.15, 0.2) is 12.1 Å². The maximum atomic E-state index is 12.0. The number of amides is 1. The SMILES string of the molecule is COc1cc(C2CNC2)cc(NC(=O)OC(C)(C)C)c1OC. The molecule has 2 rings (SSSR count). The Balaban J connectivity index is 2.28. The zero-order chi connectivity index (χ0) is 16.3. The zero-order valence-corrected chi connectivity index (χ0v) is 13.8. The van der Waals surface area contributed by atoms with Crippen LogP contribution >= 0.6 is 0 Å². The molecule has 0 saturated carbocycles. The first-order chi connectivity index (χ1) is 10.3. The van der Waals surface area contributed by atoms with Crippen LogP contribution in [-0.4, -0.2) is 39.0 Å². The van der Waals surface area contributed by atoms with Gasteiger partial charge in [0.15, 0.2) is 11.5 Å². The number of anilines is 1. The Labute approximate surface area is 131 Å². The maximum Gasteiger partial charge on any atom is 0.412 e. The van der Waals surface area contributed by atoms with Crippen LogP contribution in [0.3, 0.4) is 0 Å². The molecule has 122 valence electrons. The van der Waals surface area contributed by atoms with E-state index in [1.165, 1.54) is 0 Å². The Bertz CT molecular complexity index is 548. The number of benzene rings is 1. The Kier molecular flexibility index (Phi) is 4.81. The topological polar surface area (TPSA) is 68.8 Å². The van der Waals surface area contributed by atoms with Crippen molar-refractivity contribution >= 4 is 11.8 Å². The first kappa shape index (κ1) is 16.4. The van der Waals surface area contributed by atoms with Gasteiger partial charge in [0.05, 0.1) is 19.9 Å². The van der Waals surface area contributed by atoms with E-state index >= 15 is 0 Å². The van der Waals surface area contributed by atoms with Crippen LogP contribution in [-0.2, 0) is 4.74 Å². The number of rotatable bonds is 4. The first-order valence-corrected chi connectivity index (χ1v) is 7.30. The van der Waals surface area contributed by atoms with Crippen LogP contribution in [0, 0.1) is 0 Å². The highest BCUT2D eigenvalue weighted by Gasteiger charge is 2.24. The molecular formula is C16H24N2O4. The highest BCUT2D eigenvalue weighted by Crippen LogP contribution is 2.39. The summed E-state index contributed by atoms with van der Waals surface area (Å²) in [6.45, 7) is 7.30. The van der Waals surface area contributed by atoms with E-state index < -0.39 is 11.7 Å². The number of carbonyl (C=O) groups is 1. The number of methoxy groups -OCH3 is 2. The molecule has 1 aliphatic heterocycles. The average molecular weight is 308 g/mol. The van der Waals surface area contributed by atoms with Crippen LogP contribution in [0.1, 0.15) is 32.3 Å². The Hall–Kier alpha value is -1.95. The number of ether oxygens (including phenoxy) is 3. The lowest BCUT2D eigenvalue weighted by Crippen LogP contribution is -2.39. The summed E-state index contributed by atoms with van der Waals surface area (Å²) in [5.41, 5.74) is 1.09. The minimum absolute atomic E-state index is 0.416. The fraction of sp³-hybridized carbons (Fsp3) is 0.562. The molecule has 2 N–H and O–H groups in total. The van der Waals surface area contributed by atoms with Crippen molar-refractivity contribution in [1.82, 2.24) is 5.32 Å². The smallest absolute Gasteiger partial charge is 0.412 e. The van der Waals surface area contributed by atoms with Crippen molar-refractivity contribution in [2.75, 3.05) is 32.6 Å². The van der Waals surface area contributed by atoms with Crippen molar-refractivity contribution in [3.05, 3.63) is 17.7 Å². The largest absolute Gasteiger partial charge is 0.493 e. The van der Waals surface area contributed by atoms with Crippen LogP contribution in [0.25, 0.3) is 0 Å². The number of nitrogens with one attached hydrogen (secondary N) is 2. The lowest BCUT2D eigenvalue weighted by molar-refractivity contribution is 0.0635. The lowest BCUT2D eigenvalue weighted by Gasteiger charge is -2.29. The van der Waals surface area contributed by atoms with Crippen molar-refractivity contribution in [3.8, 4) is 11.5 Å². The molecule has 0 radical (unpaired) electrons. The van der Waals surface area contributed by atoms with Crippen molar-refractivity contribution in [1.29, 1.82) is 0 Å². The molecule has 22 heavy (non-hydrogen) atoms. The third-order valence-corrected chi connectivity index (χ3v) is 3.39. The molecule has 1 fully saturated rings. The van der Waals surface area contributed by atoms with Crippen LogP contribution in [0.5, 0.6) is 11.5 Å². The Morgan fingerprint density at radius 2 is 1.91 bits per heavy atom. The fourth-order valence-corrected chi connectivity index (χ4v) is 2.25. The highest BCUT2D eigenvalue weighted by atomic mass is 16.6. The van der Waals surface area contributed by atoms with Crippen LogP contribution in [0.4, 0.5) is 10.5 Å². The van der Waals surface area contributed by atoms with Crippen molar-refractivity contribution in [2.45, 2.75) is 32.3 Å². The molecule has 0 atom stereocenters. The summed E-state index contributed by atoms with van der Waals surface area (Å²) < 4.78 is 16.1. The summed E-state index contributed by atoms with van der Waals surface area (Å²) in [6, 6.07) is 3.86. The average Bonchev–Trinajstić information content (AvgIpc) is 2.33. The molecule has 0 aliphatic carbocycles. The van der Waals surface area contributed by atoms with E-state index in [0.29, 0.717) is 23.1 Å². The van der Waals surface area contributed by atoms with E-state index in [-0.39, 0.29) is 0 Å². The quantitative estimate of drug-likeness (QED) is 0.895. The third kappa shape index (κ3) is 3.82. The Morgan fingerprint density at radius 1 is 1.23 bits per heavy atom. The lowest BCUT2D eigenvalue weighted by atomic mass is 9.93. The van der Waals surface area contributed by atoms with E-state index in [1.54, 1.807) is 14.2 Å². The van der Waals surface area contributed by atoms with Crippen molar-refractivity contribution < 1.29 is 19.0 Å². The minimum atomic E-state index is -0.559. The van der Waals surface area contributed by atoms with Gasteiger partial charge in [-0.1, -0.05) is 0 Å². The van der Waals surface area contributed by atoms with Crippen LogP contribution < -0.4 is 20.1 Å². The summed E-state index contributed by atoms with van der Waals surface area (Å²) in [5, 5.41) is 5.98. The summed E-state index contributed by atoms with van der Waals surface area (Å²) in [7, 11) is 3.13. The molecule has 0 aromatic heterocycles. The second-order valence-corrected chi connectivity index (χ2v) is 6.29. The molecular weight excluding hydrogens is 284 g/mol. The molecule has 0 spiro atoms. The molecule has 1 amide bonds. The van der Waals surface area contributed by atoms with E-state index in [0.717, 1.165) is 18.7 Å². The second-order valence-electron chi connectivity index (χ2n) is 6.29. The molecule has 1 heterocycles. The third-order valence-electron chi connectivity index (χ3n) is 3.39. The van der Waals surface area contributed by atoms with Gasteiger partial charge >= 0.3 is 6.09 Å². The Morgan fingerprint density at radius 3 is 2.36 bits per heavy atom. The predicted octanol–water partition coefficient (Wildman–Crippen LogP) is 2.74. The maximum absolute atomic E-state index is 12.0. The van der Waals surface area contributed by atoms with Gasteiger partial charge in [-0.15, -0.1) is 0 Å². The predicted molar refractivity (Wildman–Crippen MR) is 85.0 cm³/mol. The van der Waals surface area contributed by atoms with E-state index in [1.807, 2.05) is 32.9 Å². The van der Waals surface area contributed by atoms with Gasteiger partial charge in [-0.3, -0.25) is 5.32 Å². The van der Waals surface area contributed by atoms with Crippen molar-refractivity contribution in [3.63, 3.8) is 0 Å². The highest BCUT2D eigenvalue weighted by molar-refractivity contribution is 5.88. The number of carbonyl (C=O) groups excluding carboxylic acids is 1. The normalized spacial score (nSPS) is 15.0. The summed E-state index contributed by atoms with van der Waals surface area (Å²) in [5.74, 6) is 1.50. The summed E-state index contributed by atoms with van der Waals surface area (Å²) in [4.78, 5) is 12.0. The number of hydrogen-bond acceptors (Lipinski definition) is 5. The van der Waals surface area contributed by atoms with E-state index in [9.17, 15) is 4.79 Å². The van der Waals surface area contributed by atoms with E-state index in [4.69, 9.17) is 14.2 Å². The molecule has 6 nitrogen and oxygen atoms in total. The second kappa shape index (κ2) is 6.44. The molecule has 0 unspecified atom stereocenters. The van der Waals surface area contributed by atoms with Gasteiger partial charge in [-0.2, -0.15) is 0 Å². The first-order valence-electron chi connectivity index (χ1n) is 7.30. The van der Waals surface area contributed by atoms with Gasteiger partial charge in [0, 0.05) is 19.0 Å².